The van der Waals surface area contributed by atoms with Crippen molar-refractivity contribution in [3.8, 4) is 0 Å². The monoisotopic (exact) mass is 302 g/mol. The lowest BCUT2D eigenvalue weighted by Crippen LogP contribution is -2.39. The summed E-state index contributed by atoms with van der Waals surface area (Å²) in [7, 11) is 1.47. The number of rotatable bonds is 5. The van der Waals surface area contributed by atoms with E-state index < -0.39 is 11.5 Å². The summed E-state index contributed by atoms with van der Waals surface area (Å²) in [5.41, 5.74) is -0.360. The van der Waals surface area contributed by atoms with Gasteiger partial charge in [-0.15, -0.1) is 0 Å². The Bertz CT molecular complexity index is 751. The fourth-order valence-corrected chi connectivity index (χ4v) is 2.02. The lowest BCUT2D eigenvalue weighted by molar-refractivity contribution is -0.121. The molecule has 2 rings (SSSR count). The molecule has 0 fully saturated rings. The van der Waals surface area contributed by atoms with Crippen LogP contribution < -0.4 is 10.9 Å². The van der Waals surface area contributed by atoms with E-state index in [2.05, 4.69) is 5.32 Å². The first kappa shape index (κ1) is 15.8. The summed E-state index contributed by atoms with van der Waals surface area (Å²) < 4.78 is 5.13. The lowest BCUT2D eigenvalue weighted by Gasteiger charge is -2.16. The number of nitrogens with zero attached hydrogens (tertiary/aromatic N) is 1. The van der Waals surface area contributed by atoms with Crippen molar-refractivity contribution in [3.05, 3.63) is 46.3 Å². The molecule has 0 spiro atoms. The van der Waals surface area contributed by atoms with Gasteiger partial charge in [0, 0.05) is 19.0 Å². The first-order valence-corrected chi connectivity index (χ1v) is 7.08. The van der Waals surface area contributed by atoms with Gasteiger partial charge >= 0.3 is 5.63 Å². The maximum Gasteiger partial charge on any atom is 0.349 e. The Labute approximate surface area is 127 Å². The zero-order valence-electron chi connectivity index (χ0n) is 12.6. The van der Waals surface area contributed by atoms with E-state index in [1.807, 2.05) is 6.92 Å². The molecule has 1 N–H and O–H groups in total. The van der Waals surface area contributed by atoms with Gasteiger partial charge in [0.15, 0.2) is 0 Å². The molecule has 1 heterocycles. The molecule has 2 aromatic rings. The Hall–Kier alpha value is -2.63. The average Bonchev–Trinajstić information content (AvgIpc) is 2.51. The minimum absolute atomic E-state index is 0.0792. The minimum atomic E-state index is -0.704. The molecule has 6 heteroatoms. The quantitative estimate of drug-likeness (QED) is 0.846. The molecule has 0 saturated carbocycles. The summed E-state index contributed by atoms with van der Waals surface area (Å²) in [6.45, 7) is 2.39. The molecular weight excluding hydrogens is 284 g/mol. The van der Waals surface area contributed by atoms with Crippen molar-refractivity contribution in [1.29, 1.82) is 0 Å². The maximum absolute atomic E-state index is 12.3. The third-order valence-electron chi connectivity index (χ3n) is 3.17. The van der Waals surface area contributed by atoms with E-state index in [1.54, 1.807) is 24.3 Å². The minimum Gasteiger partial charge on any atom is -0.422 e. The predicted molar refractivity (Wildman–Crippen MR) is 82.7 cm³/mol. The Morgan fingerprint density at radius 2 is 2.00 bits per heavy atom. The van der Waals surface area contributed by atoms with E-state index in [-0.39, 0.29) is 18.0 Å². The van der Waals surface area contributed by atoms with Crippen LogP contribution in [0.2, 0.25) is 0 Å². The molecule has 116 valence electrons. The Kier molecular flexibility index (Phi) is 4.93. The van der Waals surface area contributed by atoms with Gasteiger partial charge in [-0.3, -0.25) is 9.59 Å². The second kappa shape index (κ2) is 6.89. The van der Waals surface area contributed by atoms with Crippen molar-refractivity contribution in [3.63, 3.8) is 0 Å². The molecule has 0 radical (unpaired) electrons. The topological polar surface area (TPSA) is 79.6 Å². The number of benzene rings is 1. The molecule has 0 saturated heterocycles. The first-order chi connectivity index (χ1) is 10.5. The molecule has 0 aliphatic rings. The van der Waals surface area contributed by atoms with Gasteiger partial charge < -0.3 is 14.6 Å². The van der Waals surface area contributed by atoms with E-state index in [9.17, 15) is 14.4 Å². The van der Waals surface area contributed by atoms with Gasteiger partial charge in [0.25, 0.3) is 5.91 Å². The van der Waals surface area contributed by atoms with Crippen molar-refractivity contribution in [2.75, 3.05) is 20.1 Å². The van der Waals surface area contributed by atoms with Gasteiger partial charge in [-0.25, -0.2) is 4.79 Å². The number of hydrogen-bond donors (Lipinski definition) is 1. The summed E-state index contributed by atoms with van der Waals surface area (Å²) >= 11 is 0. The number of carbonyl (C=O) groups excluding carboxylic acids is 2. The lowest BCUT2D eigenvalue weighted by atomic mass is 10.1. The van der Waals surface area contributed by atoms with E-state index in [0.717, 1.165) is 6.42 Å². The van der Waals surface area contributed by atoms with Gasteiger partial charge in [-0.1, -0.05) is 25.1 Å². The van der Waals surface area contributed by atoms with Crippen LogP contribution in [0, 0.1) is 0 Å². The Balaban J connectivity index is 2.20. The molecule has 1 aromatic heterocycles. The zero-order valence-corrected chi connectivity index (χ0v) is 12.6. The van der Waals surface area contributed by atoms with Crippen LogP contribution in [0.15, 0.2) is 39.5 Å². The number of carbonyl (C=O) groups is 2. The first-order valence-electron chi connectivity index (χ1n) is 7.08. The normalized spacial score (nSPS) is 10.5. The fourth-order valence-electron chi connectivity index (χ4n) is 2.02. The smallest absolute Gasteiger partial charge is 0.349 e. The predicted octanol–water partition coefficient (Wildman–Crippen LogP) is 1.39. The second-order valence-electron chi connectivity index (χ2n) is 5.00. The standard InChI is InChI=1S/C16H18N2O4/c1-3-8-17-14(19)10-18(2)15(20)12-9-11-6-4-5-7-13(11)22-16(12)21/h4-7,9H,3,8,10H2,1-2H3,(H,17,19). The number of hydrogen-bond acceptors (Lipinski definition) is 4. The van der Waals surface area contributed by atoms with E-state index in [4.69, 9.17) is 4.42 Å². The molecule has 1 aromatic carbocycles. The summed E-state index contributed by atoms with van der Waals surface area (Å²) in [5.74, 6) is -0.797. The molecule has 0 atom stereocenters. The largest absolute Gasteiger partial charge is 0.422 e. The average molecular weight is 302 g/mol. The summed E-state index contributed by atoms with van der Waals surface area (Å²) in [4.78, 5) is 37.1. The maximum atomic E-state index is 12.3. The third-order valence-corrected chi connectivity index (χ3v) is 3.17. The summed E-state index contributed by atoms with van der Waals surface area (Å²) in [5, 5.41) is 3.34. The van der Waals surface area contributed by atoms with E-state index in [1.165, 1.54) is 18.0 Å². The number of fused-ring (bicyclic) bond motifs is 1. The van der Waals surface area contributed by atoms with Crippen LogP contribution in [0.1, 0.15) is 23.7 Å². The molecular formula is C16H18N2O4. The van der Waals surface area contributed by atoms with E-state index in [0.29, 0.717) is 17.5 Å². The molecule has 0 aliphatic carbocycles. The Morgan fingerprint density at radius 3 is 2.73 bits per heavy atom. The van der Waals surface area contributed by atoms with Crippen molar-refractivity contribution >= 4 is 22.8 Å². The van der Waals surface area contributed by atoms with Crippen molar-refractivity contribution in [1.82, 2.24) is 10.2 Å². The molecule has 6 nitrogen and oxygen atoms in total. The zero-order chi connectivity index (χ0) is 16.1. The van der Waals surface area contributed by atoms with Gasteiger partial charge in [0.05, 0.1) is 6.54 Å². The second-order valence-corrected chi connectivity index (χ2v) is 5.00. The van der Waals surface area contributed by atoms with Gasteiger partial charge in [-0.05, 0) is 18.6 Å². The Morgan fingerprint density at radius 1 is 1.27 bits per heavy atom. The highest BCUT2D eigenvalue weighted by atomic mass is 16.4. The fraction of sp³-hybridized carbons (Fsp3) is 0.312. The van der Waals surface area contributed by atoms with Crippen molar-refractivity contribution in [2.24, 2.45) is 0 Å². The van der Waals surface area contributed by atoms with Crippen LogP contribution in [-0.2, 0) is 4.79 Å². The highest BCUT2D eigenvalue weighted by molar-refractivity contribution is 5.98. The van der Waals surface area contributed by atoms with Crippen LogP contribution in [-0.4, -0.2) is 36.9 Å². The van der Waals surface area contributed by atoms with Gasteiger partial charge in [0.1, 0.15) is 11.1 Å². The summed E-state index contributed by atoms with van der Waals surface area (Å²) in [6, 6.07) is 8.44. The van der Waals surface area contributed by atoms with Crippen LogP contribution >= 0.6 is 0 Å². The molecule has 2 amide bonds. The molecule has 22 heavy (non-hydrogen) atoms. The number of likely N-dealkylation sites (N-methyl/N-ethyl adjacent to an activating group) is 1. The molecule has 0 aliphatic heterocycles. The SMILES string of the molecule is CCCNC(=O)CN(C)C(=O)c1cc2ccccc2oc1=O. The number of amides is 2. The molecule has 0 bridgehead atoms. The van der Waals surface area contributed by atoms with Crippen LogP contribution in [0.5, 0.6) is 0 Å². The van der Waals surface area contributed by atoms with Crippen LogP contribution in [0.25, 0.3) is 11.0 Å². The van der Waals surface area contributed by atoms with Gasteiger partial charge in [0.2, 0.25) is 5.91 Å². The van der Waals surface area contributed by atoms with Crippen LogP contribution in [0.4, 0.5) is 0 Å². The molecule has 0 unspecified atom stereocenters. The van der Waals surface area contributed by atoms with Crippen LogP contribution in [0.3, 0.4) is 0 Å². The van der Waals surface area contributed by atoms with Crippen molar-refractivity contribution in [2.45, 2.75) is 13.3 Å². The number of nitrogens with one attached hydrogen (secondary N) is 1. The van der Waals surface area contributed by atoms with Gasteiger partial charge in [-0.2, -0.15) is 0 Å². The van der Waals surface area contributed by atoms with E-state index >= 15 is 0 Å². The third kappa shape index (κ3) is 3.52. The highest BCUT2D eigenvalue weighted by Crippen LogP contribution is 2.13. The number of para-hydroxylation sites is 1. The summed E-state index contributed by atoms with van der Waals surface area (Å²) in [6.07, 6.45) is 0.817. The highest BCUT2D eigenvalue weighted by Gasteiger charge is 2.19. The van der Waals surface area contributed by atoms with Crippen molar-refractivity contribution < 1.29 is 14.0 Å².